The van der Waals surface area contributed by atoms with Crippen LogP contribution in [0.15, 0.2) is 46.8 Å². The SMILES string of the molecule is COc1ccccc1NC(N)=NCC1CCN(Cc2cccs2)CC1. The molecule has 1 saturated heterocycles. The third-order valence-corrected chi connectivity index (χ3v) is 5.42. The summed E-state index contributed by atoms with van der Waals surface area (Å²) in [5, 5.41) is 5.28. The highest BCUT2D eigenvalue weighted by Gasteiger charge is 2.19. The van der Waals surface area contributed by atoms with Crippen LogP contribution < -0.4 is 15.8 Å². The largest absolute Gasteiger partial charge is 0.495 e. The van der Waals surface area contributed by atoms with Crippen LogP contribution in [0.5, 0.6) is 5.75 Å². The van der Waals surface area contributed by atoms with Crippen molar-refractivity contribution in [2.45, 2.75) is 19.4 Å². The number of likely N-dealkylation sites (tertiary alicyclic amines) is 1. The molecule has 0 amide bonds. The van der Waals surface area contributed by atoms with Crippen molar-refractivity contribution >= 4 is 23.0 Å². The van der Waals surface area contributed by atoms with E-state index in [1.807, 2.05) is 35.6 Å². The second-order valence-corrected chi connectivity index (χ2v) is 7.38. The van der Waals surface area contributed by atoms with Gasteiger partial charge in [0.05, 0.1) is 12.8 Å². The lowest BCUT2D eigenvalue weighted by molar-refractivity contribution is 0.182. The molecule has 1 aromatic heterocycles. The summed E-state index contributed by atoms with van der Waals surface area (Å²) in [4.78, 5) is 8.51. The molecule has 0 radical (unpaired) electrons. The quantitative estimate of drug-likeness (QED) is 0.614. The average Bonchev–Trinajstić information content (AvgIpc) is 3.15. The maximum atomic E-state index is 6.04. The van der Waals surface area contributed by atoms with Crippen LogP contribution in [-0.4, -0.2) is 37.6 Å². The number of ether oxygens (including phenoxy) is 1. The molecule has 0 spiro atoms. The fraction of sp³-hybridized carbons (Fsp3) is 0.421. The van der Waals surface area contributed by atoms with Crippen molar-refractivity contribution < 1.29 is 4.74 Å². The van der Waals surface area contributed by atoms with Gasteiger partial charge in [-0.05, 0) is 55.4 Å². The highest BCUT2D eigenvalue weighted by atomic mass is 32.1. The summed E-state index contributed by atoms with van der Waals surface area (Å²) in [5.41, 5.74) is 6.88. The lowest BCUT2D eigenvalue weighted by atomic mass is 9.97. The minimum Gasteiger partial charge on any atom is -0.495 e. The molecule has 6 heteroatoms. The maximum absolute atomic E-state index is 6.04. The number of aliphatic imine (C=N–C) groups is 1. The fourth-order valence-electron chi connectivity index (χ4n) is 3.10. The first-order valence-corrected chi connectivity index (χ1v) is 9.57. The number of methoxy groups -OCH3 is 1. The topological polar surface area (TPSA) is 62.9 Å². The zero-order valence-electron chi connectivity index (χ0n) is 14.6. The number of para-hydroxylation sites is 2. The lowest BCUT2D eigenvalue weighted by Crippen LogP contribution is -2.34. The Morgan fingerprint density at radius 2 is 2.08 bits per heavy atom. The van der Waals surface area contributed by atoms with Crippen LogP contribution in [0.25, 0.3) is 0 Å². The number of hydrogen-bond donors (Lipinski definition) is 2. The van der Waals surface area contributed by atoms with Crippen LogP contribution in [0.1, 0.15) is 17.7 Å². The number of nitrogens with zero attached hydrogens (tertiary/aromatic N) is 2. The molecule has 25 heavy (non-hydrogen) atoms. The van der Waals surface area contributed by atoms with Gasteiger partial charge in [-0.3, -0.25) is 9.89 Å². The molecule has 0 unspecified atom stereocenters. The summed E-state index contributed by atoms with van der Waals surface area (Å²) < 4.78 is 5.32. The molecule has 1 aliphatic rings. The van der Waals surface area contributed by atoms with E-state index in [4.69, 9.17) is 10.5 Å². The molecule has 5 nitrogen and oxygen atoms in total. The van der Waals surface area contributed by atoms with E-state index in [0.717, 1.165) is 37.6 Å². The fourth-order valence-corrected chi connectivity index (χ4v) is 3.85. The van der Waals surface area contributed by atoms with E-state index in [-0.39, 0.29) is 0 Å². The number of benzene rings is 1. The maximum Gasteiger partial charge on any atom is 0.193 e. The van der Waals surface area contributed by atoms with Crippen molar-refractivity contribution in [3.05, 3.63) is 46.7 Å². The molecule has 2 heterocycles. The lowest BCUT2D eigenvalue weighted by Gasteiger charge is -2.30. The number of nitrogens with two attached hydrogens (primary N) is 1. The van der Waals surface area contributed by atoms with Crippen molar-refractivity contribution in [3.8, 4) is 5.75 Å². The van der Waals surface area contributed by atoms with Crippen LogP contribution in [-0.2, 0) is 6.54 Å². The number of piperidine rings is 1. The molecule has 3 rings (SSSR count). The Balaban J connectivity index is 1.44. The number of nitrogens with one attached hydrogen (secondary N) is 1. The third-order valence-electron chi connectivity index (χ3n) is 4.56. The van der Waals surface area contributed by atoms with E-state index in [0.29, 0.717) is 11.9 Å². The minimum atomic E-state index is 0.450. The zero-order valence-corrected chi connectivity index (χ0v) is 15.5. The van der Waals surface area contributed by atoms with Gasteiger partial charge >= 0.3 is 0 Å². The average molecular weight is 359 g/mol. The van der Waals surface area contributed by atoms with E-state index in [1.165, 1.54) is 17.7 Å². The second kappa shape index (κ2) is 8.87. The molecule has 2 aromatic rings. The van der Waals surface area contributed by atoms with E-state index < -0.39 is 0 Å². The van der Waals surface area contributed by atoms with Gasteiger partial charge < -0.3 is 15.8 Å². The van der Waals surface area contributed by atoms with Crippen LogP contribution in [0.4, 0.5) is 5.69 Å². The standard InChI is InChI=1S/C19H26N4OS/c1-24-18-7-3-2-6-17(18)22-19(20)21-13-15-8-10-23(11-9-15)14-16-5-4-12-25-16/h2-7,12,15H,8-11,13-14H2,1H3,(H3,20,21,22). The van der Waals surface area contributed by atoms with Gasteiger partial charge in [0.1, 0.15) is 5.75 Å². The normalized spacial score (nSPS) is 16.8. The Labute approximate surface area is 153 Å². The highest BCUT2D eigenvalue weighted by Crippen LogP contribution is 2.23. The monoisotopic (exact) mass is 358 g/mol. The Kier molecular flexibility index (Phi) is 6.30. The number of guanidine groups is 1. The Hall–Kier alpha value is -2.05. The molecular weight excluding hydrogens is 332 g/mol. The van der Waals surface area contributed by atoms with Gasteiger partial charge in [-0.25, -0.2) is 0 Å². The van der Waals surface area contributed by atoms with Crippen LogP contribution in [0.2, 0.25) is 0 Å². The molecule has 0 bridgehead atoms. The highest BCUT2D eigenvalue weighted by molar-refractivity contribution is 7.09. The Bertz CT molecular complexity index is 678. The van der Waals surface area contributed by atoms with Crippen molar-refractivity contribution in [2.24, 2.45) is 16.6 Å². The van der Waals surface area contributed by atoms with Gasteiger partial charge in [-0.2, -0.15) is 0 Å². The smallest absolute Gasteiger partial charge is 0.193 e. The Morgan fingerprint density at radius 3 is 2.80 bits per heavy atom. The molecule has 3 N–H and O–H groups in total. The first-order valence-electron chi connectivity index (χ1n) is 8.69. The van der Waals surface area contributed by atoms with Gasteiger partial charge in [0.25, 0.3) is 0 Å². The summed E-state index contributed by atoms with van der Waals surface area (Å²) in [6.45, 7) is 4.13. The molecule has 1 aromatic carbocycles. The molecule has 0 aliphatic carbocycles. The molecule has 1 aliphatic heterocycles. The van der Waals surface area contributed by atoms with Crippen molar-refractivity contribution in [2.75, 3.05) is 32.1 Å². The molecular formula is C19H26N4OS. The number of hydrogen-bond acceptors (Lipinski definition) is 4. The second-order valence-electron chi connectivity index (χ2n) is 6.35. The summed E-state index contributed by atoms with van der Waals surface area (Å²) >= 11 is 1.84. The van der Waals surface area contributed by atoms with Gasteiger partial charge in [0, 0.05) is 18.0 Å². The zero-order chi connectivity index (χ0) is 17.5. The third kappa shape index (κ3) is 5.21. The number of rotatable bonds is 6. The summed E-state index contributed by atoms with van der Waals surface area (Å²) in [6.07, 6.45) is 2.35. The van der Waals surface area contributed by atoms with Crippen LogP contribution in [0, 0.1) is 5.92 Å². The minimum absolute atomic E-state index is 0.450. The predicted molar refractivity (Wildman–Crippen MR) is 105 cm³/mol. The van der Waals surface area contributed by atoms with Crippen molar-refractivity contribution in [3.63, 3.8) is 0 Å². The van der Waals surface area contributed by atoms with Crippen molar-refractivity contribution in [1.29, 1.82) is 0 Å². The van der Waals surface area contributed by atoms with Crippen molar-refractivity contribution in [1.82, 2.24) is 4.90 Å². The summed E-state index contributed by atoms with van der Waals surface area (Å²) in [5.74, 6) is 1.82. The van der Waals surface area contributed by atoms with E-state index in [9.17, 15) is 0 Å². The number of thiophene rings is 1. The molecule has 0 saturated carbocycles. The first kappa shape index (κ1) is 17.8. The van der Waals surface area contributed by atoms with Gasteiger partial charge in [0.2, 0.25) is 0 Å². The van der Waals surface area contributed by atoms with Gasteiger partial charge in [0.15, 0.2) is 5.96 Å². The van der Waals surface area contributed by atoms with Gasteiger partial charge in [-0.15, -0.1) is 11.3 Å². The van der Waals surface area contributed by atoms with Crippen LogP contribution in [0.3, 0.4) is 0 Å². The van der Waals surface area contributed by atoms with E-state index in [1.54, 1.807) is 7.11 Å². The molecule has 1 fully saturated rings. The van der Waals surface area contributed by atoms with Crippen LogP contribution >= 0.6 is 11.3 Å². The summed E-state index contributed by atoms with van der Waals surface area (Å²) in [7, 11) is 1.65. The van der Waals surface area contributed by atoms with E-state index >= 15 is 0 Å². The molecule has 0 atom stereocenters. The summed E-state index contributed by atoms with van der Waals surface area (Å²) in [6, 6.07) is 12.1. The Morgan fingerprint density at radius 1 is 1.28 bits per heavy atom. The van der Waals surface area contributed by atoms with Gasteiger partial charge in [-0.1, -0.05) is 18.2 Å². The molecule has 134 valence electrons. The van der Waals surface area contributed by atoms with E-state index in [2.05, 4.69) is 32.7 Å². The first-order chi connectivity index (χ1) is 12.2. The number of anilines is 1. The predicted octanol–water partition coefficient (Wildman–Crippen LogP) is 3.40.